The molecular formula is C18H24N6O4S2. The summed E-state index contributed by atoms with van der Waals surface area (Å²) in [6.07, 6.45) is 0.408. The van der Waals surface area contributed by atoms with E-state index in [1.807, 2.05) is 31.2 Å². The molecule has 1 aromatic carbocycles. The molecule has 2 aromatic rings. The Morgan fingerprint density at radius 1 is 1.33 bits per heavy atom. The second-order valence-electron chi connectivity index (χ2n) is 7.02. The Morgan fingerprint density at radius 2 is 2.10 bits per heavy atom. The number of carbonyl (C=O) groups excluding carboxylic acids is 2. The fraction of sp³-hybridized carbons (Fsp3) is 0.500. The van der Waals surface area contributed by atoms with E-state index < -0.39 is 9.84 Å². The second kappa shape index (κ2) is 9.56. The Balaban J connectivity index is 1.56. The zero-order valence-electron chi connectivity index (χ0n) is 16.8. The summed E-state index contributed by atoms with van der Waals surface area (Å²) in [6, 6.07) is 7.26. The number of thioether (sulfide) groups is 1. The SMILES string of the molecule is CCN(CC(=O)NC1CCS(=O)(=O)C1)C(=O)CSc1nnnn1-c1ccccc1C. The lowest BCUT2D eigenvalue weighted by molar-refractivity contribution is -0.134. The minimum atomic E-state index is -3.08. The van der Waals surface area contributed by atoms with Crippen molar-refractivity contribution >= 4 is 33.4 Å². The van der Waals surface area contributed by atoms with Crippen LogP contribution in [0.2, 0.25) is 0 Å². The van der Waals surface area contributed by atoms with Gasteiger partial charge in [-0.3, -0.25) is 9.59 Å². The van der Waals surface area contributed by atoms with E-state index in [1.54, 1.807) is 11.6 Å². The molecule has 1 N–H and O–H groups in total. The van der Waals surface area contributed by atoms with Gasteiger partial charge in [0.25, 0.3) is 0 Å². The van der Waals surface area contributed by atoms with Gasteiger partial charge in [0.15, 0.2) is 9.84 Å². The van der Waals surface area contributed by atoms with Crippen molar-refractivity contribution in [3.8, 4) is 5.69 Å². The maximum atomic E-state index is 12.6. The molecule has 1 saturated heterocycles. The van der Waals surface area contributed by atoms with Crippen molar-refractivity contribution < 1.29 is 18.0 Å². The number of aryl methyl sites for hydroxylation is 1. The lowest BCUT2D eigenvalue weighted by atomic mass is 10.2. The van der Waals surface area contributed by atoms with Crippen molar-refractivity contribution in [3.05, 3.63) is 29.8 Å². The maximum Gasteiger partial charge on any atom is 0.239 e. The largest absolute Gasteiger partial charge is 0.351 e. The smallest absolute Gasteiger partial charge is 0.239 e. The normalized spacial score (nSPS) is 17.6. The molecule has 162 valence electrons. The van der Waals surface area contributed by atoms with Crippen molar-refractivity contribution in [2.75, 3.05) is 30.3 Å². The number of nitrogens with zero attached hydrogens (tertiary/aromatic N) is 5. The monoisotopic (exact) mass is 452 g/mol. The first-order valence-corrected chi connectivity index (χ1v) is 12.3. The molecule has 10 nitrogen and oxygen atoms in total. The average molecular weight is 453 g/mol. The Bertz CT molecular complexity index is 1020. The number of benzene rings is 1. The van der Waals surface area contributed by atoms with Crippen LogP contribution < -0.4 is 5.32 Å². The number of rotatable bonds is 8. The molecule has 30 heavy (non-hydrogen) atoms. The first-order valence-electron chi connectivity index (χ1n) is 9.54. The first kappa shape index (κ1) is 22.2. The van der Waals surface area contributed by atoms with E-state index >= 15 is 0 Å². The van der Waals surface area contributed by atoms with E-state index in [-0.39, 0.29) is 41.7 Å². The van der Waals surface area contributed by atoms with Crippen LogP contribution in [-0.2, 0) is 19.4 Å². The quantitative estimate of drug-likeness (QED) is 0.563. The van der Waals surface area contributed by atoms with Gasteiger partial charge in [0.1, 0.15) is 0 Å². The number of para-hydroxylation sites is 1. The van der Waals surface area contributed by atoms with Crippen LogP contribution in [0, 0.1) is 6.92 Å². The molecule has 0 radical (unpaired) electrons. The topological polar surface area (TPSA) is 127 Å². The van der Waals surface area contributed by atoms with Crippen LogP contribution in [0.5, 0.6) is 0 Å². The molecule has 1 fully saturated rings. The zero-order valence-corrected chi connectivity index (χ0v) is 18.4. The number of nitrogens with one attached hydrogen (secondary N) is 1. The summed E-state index contributed by atoms with van der Waals surface area (Å²) >= 11 is 1.19. The van der Waals surface area contributed by atoms with E-state index in [1.165, 1.54) is 16.7 Å². The molecule has 1 atom stereocenters. The Kier molecular flexibility index (Phi) is 7.08. The standard InChI is InChI=1S/C18H24N6O4S2/c1-3-23(10-16(25)19-14-8-9-30(27,28)12-14)17(26)11-29-18-20-21-22-24(18)15-7-5-4-6-13(15)2/h4-7,14H,3,8-12H2,1-2H3,(H,19,25). The molecule has 2 amide bonds. The number of carbonyl (C=O) groups is 2. The summed E-state index contributed by atoms with van der Waals surface area (Å²) in [6.45, 7) is 3.98. The van der Waals surface area contributed by atoms with Crippen LogP contribution in [0.15, 0.2) is 29.4 Å². The van der Waals surface area contributed by atoms with Crippen LogP contribution in [0.1, 0.15) is 18.9 Å². The summed E-state index contributed by atoms with van der Waals surface area (Å²) in [5.74, 6) is -0.472. The fourth-order valence-corrected chi connectivity index (χ4v) is 5.63. The van der Waals surface area contributed by atoms with Crippen molar-refractivity contribution in [3.63, 3.8) is 0 Å². The molecular weight excluding hydrogens is 428 g/mol. The number of likely N-dealkylation sites (N-methyl/N-ethyl adjacent to an activating group) is 1. The van der Waals surface area contributed by atoms with E-state index in [4.69, 9.17) is 0 Å². The summed E-state index contributed by atoms with van der Waals surface area (Å²) in [7, 11) is -3.08. The van der Waals surface area contributed by atoms with E-state index in [0.717, 1.165) is 11.3 Å². The van der Waals surface area contributed by atoms with Gasteiger partial charge < -0.3 is 10.2 Å². The molecule has 0 spiro atoms. The molecule has 1 aromatic heterocycles. The number of hydrogen-bond donors (Lipinski definition) is 1. The van der Waals surface area contributed by atoms with Crippen LogP contribution in [0.25, 0.3) is 5.69 Å². The van der Waals surface area contributed by atoms with Crippen molar-refractivity contribution in [2.24, 2.45) is 0 Å². The Labute approximate surface area is 179 Å². The van der Waals surface area contributed by atoms with Gasteiger partial charge in [-0.2, -0.15) is 4.68 Å². The summed E-state index contributed by atoms with van der Waals surface area (Å²) < 4.78 is 24.6. The van der Waals surface area contributed by atoms with Crippen LogP contribution in [0.4, 0.5) is 0 Å². The highest BCUT2D eigenvalue weighted by atomic mass is 32.2. The minimum absolute atomic E-state index is 0.0454. The molecule has 12 heteroatoms. The maximum absolute atomic E-state index is 12.6. The number of hydrogen-bond acceptors (Lipinski definition) is 8. The second-order valence-corrected chi connectivity index (χ2v) is 10.2. The highest BCUT2D eigenvalue weighted by Crippen LogP contribution is 2.20. The summed E-state index contributed by atoms with van der Waals surface area (Å²) in [5, 5.41) is 14.9. The highest BCUT2D eigenvalue weighted by Gasteiger charge is 2.29. The first-order chi connectivity index (χ1) is 14.3. The molecule has 0 saturated carbocycles. The minimum Gasteiger partial charge on any atom is -0.351 e. The lowest BCUT2D eigenvalue weighted by Gasteiger charge is -2.21. The molecule has 2 heterocycles. The summed E-state index contributed by atoms with van der Waals surface area (Å²) in [4.78, 5) is 26.3. The Hall–Kier alpha value is -2.47. The Morgan fingerprint density at radius 3 is 2.77 bits per heavy atom. The highest BCUT2D eigenvalue weighted by molar-refractivity contribution is 7.99. The number of tetrazole rings is 1. The average Bonchev–Trinajstić information content (AvgIpc) is 3.30. The van der Waals surface area contributed by atoms with Gasteiger partial charge in [0, 0.05) is 12.6 Å². The van der Waals surface area contributed by atoms with Crippen LogP contribution in [-0.4, -0.2) is 81.7 Å². The van der Waals surface area contributed by atoms with E-state index in [9.17, 15) is 18.0 Å². The third kappa shape index (κ3) is 5.57. The number of amides is 2. The van der Waals surface area contributed by atoms with Crippen molar-refractivity contribution in [1.29, 1.82) is 0 Å². The van der Waals surface area contributed by atoms with Gasteiger partial charge in [0.05, 0.1) is 29.5 Å². The fourth-order valence-electron chi connectivity index (χ4n) is 3.17. The van der Waals surface area contributed by atoms with Gasteiger partial charge in [-0.1, -0.05) is 30.0 Å². The third-order valence-corrected chi connectivity index (χ3v) is 7.45. The molecule has 1 unspecified atom stereocenters. The van der Waals surface area contributed by atoms with Crippen LogP contribution >= 0.6 is 11.8 Å². The van der Waals surface area contributed by atoms with Gasteiger partial charge >= 0.3 is 0 Å². The van der Waals surface area contributed by atoms with Gasteiger partial charge in [-0.25, -0.2) is 8.42 Å². The molecule has 1 aliphatic rings. The van der Waals surface area contributed by atoms with Crippen molar-refractivity contribution in [2.45, 2.75) is 31.5 Å². The van der Waals surface area contributed by atoms with Gasteiger partial charge in [0.2, 0.25) is 17.0 Å². The zero-order chi connectivity index (χ0) is 21.7. The van der Waals surface area contributed by atoms with Gasteiger partial charge in [-0.15, -0.1) is 5.10 Å². The lowest BCUT2D eigenvalue weighted by Crippen LogP contribution is -2.45. The van der Waals surface area contributed by atoms with E-state index in [0.29, 0.717) is 18.1 Å². The predicted octanol–water partition coefficient (Wildman–Crippen LogP) is 0.215. The van der Waals surface area contributed by atoms with Gasteiger partial charge in [-0.05, 0) is 42.3 Å². The summed E-state index contributed by atoms with van der Waals surface area (Å²) in [5.41, 5.74) is 1.83. The predicted molar refractivity (Wildman–Crippen MR) is 112 cm³/mol. The van der Waals surface area contributed by atoms with Crippen molar-refractivity contribution in [1.82, 2.24) is 30.4 Å². The molecule has 0 aliphatic carbocycles. The number of sulfone groups is 1. The third-order valence-electron chi connectivity index (χ3n) is 4.78. The molecule has 3 rings (SSSR count). The molecule has 1 aliphatic heterocycles. The number of aromatic nitrogens is 4. The van der Waals surface area contributed by atoms with Crippen LogP contribution in [0.3, 0.4) is 0 Å². The molecule has 0 bridgehead atoms. The van der Waals surface area contributed by atoms with E-state index in [2.05, 4.69) is 20.8 Å².